The zero-order chi connectivity index (χ0) is 27.6. The molecule has 0 spiro atoms. The van der Waals surface area contributed by atoms with E-state index in [4.69, 9.17) is 5.73 Å². The maximum atomic E-state index is 13.8. The summed E-state index contributed by atoms with van der Waals surface area (Å²) in [5.74, 6) is -0.369. The quantitative estimate of drug-likeness (QED) is 0.377. The lowest BCUT2D eigenvalue weighted by molar-refractivity contribution is -0.274. The van der Waals surface area contributed by atoms with Crippen molar-refractivity contribution in [2.75, 3.05) is 17.6 Å². The lowest BCUT2D eigenvalue weighted by Gasteiger charge is -2.30. The van der Waals surface area contributed by atoms with Crippen molar-refractivity contribution >= 4 is 17.7 Å². The van der Waals surface area contributed by atoms with Gasteiger partial charge in [-0.15, -0.1) is 13.2 Å². The number of aromatic nitrogens is 2. The number of benzene rings is 3. The molecule has 39 heavy (non-hydrogen) atoms. The van der Waals surface area contributed by atoms with Gasteiger partial charge < -0.3 is 20.7 Å². The number of nitrogens with zero attached hydrogens (tertiary/aromatic N) is 3. The Bertz CT molecular complexity index is 1490. The summed E-state index contributed by atoms with van der Waals surface area (Å²) in [6.45, 7) is 0.300. The standard InChI is InChI=1S/C28H24F3N5O3/c29-28(30,31)39-21-13-11-20(12-14-21)33-27(38)35-16-15-22-23(17-35)34-26(32)36(25(22)37)24(18-7-3-1-4-8-18)19-9-5-2-6-10-19/h1-14,24H,15-17H2,(H2,32,34)(H,33,38). The van der Waals surface area contributed by atoms with Gasteiger partial charge in [-0.2, -0.15) is 0 Å². The van der Waals surface area contributed by atoms with Crippen LogP contribution in [-0.4, -0.2) is 33.4 Å². The van der Waals surface area contributed by atoms with Crippen LogP contribution in [0.25, 0.3) is 0 Å². The summed E-state index contributed by atoms with van der Waals surface area (Å²) in [4.78, 5) is 32.6. The van der Waals surface area contributed by atoms with E-state index < -0.39 is 24.2 Å². The van der Waals surface area contributed by atoms with Crippen molar-refractivity contribution < 1.29 is 22.7 Å². The van der Waals surface area contributed by atoms with Crippen molar-refractivity contribution in [2.45, 2.75) is 25.4 Å². The number of hydrogen-bond acceptors (Lipinski definition) is 5. The minimum absolute atomic E-state index is 0.0268. The Morgan fingerprint density at radius 1 is 0.949 bits per heavy atom. The first-order valence-electron chi connectivity index (χ1n) is 12.1. The highest BCUT2D eigenvalue weighted by Gasteiger charge is 2.31. The number of halogens is 3. The predicted molar refractivity (Wildman–Crippen MR) is 139 cm³/mol. The zero-order valence-corrected chi connectivity index (χ0v) is 20.6. The van der Waals surface area contributed by atoms with Crippen LogP contribution in [-0.2, 0) is 13.0 Å². The fourth-order valence-electron chi connectivity index (χ4n) is 4.65. The van der Waals surface area contributed by atoms with Crippen LogP contribution < -0.4 is 21.3 Å². The predicted octanol–water partition coefficient (Wildman–Crippen LogP) is 4.95. The van der Waals surface area contributed by atoms with Crippen molar-refractivity contribution in [3.05, 3.63) is 118 Å². The van der Waals surface area contributed by atoms with Crippen LogP contribution >= 0.6 is 0 Å². The van der Waals surface area contributed by atoms with Gasteiger partial charge in [0.15, 0.2) is 0 Å². The van der Waals surface area contributed by atoms with E-state index in [0.717, 1.165) is 23.3 Å². The third-order valence-electron chi connectivity index (χ3n) is 6.41. The molecule has 0 atom stereocenters. The normalized spacial score (nSPS) is 13.2. The van der Waals surface area contributed by atoms with Crippen molar-refractivity contribution in [3.8, 4) is 5.75 Å². The van der Waals surface area contributed by atoms with Crippen LogP contribution in [0, 0.1) is 0 Å². The fraction of sp³-hybridized carbons (Fsp3) is 0.179. The number of hydrogen-bond donors (Lipinski definition) is 2. The highest BCUT2D eigenvalue weighted by atomic mass is 19.4. The largest absolute Gasteiger partial charge is 0.573 e. The number of carbonyl (C=O) groups excluding carboxylic acids is 1. The molecule has 0 bridgehead atoms. The monoisotopic (exact) mass is 535 g/mol. The zero-order valence-electron chi connectivity index (χ0n) is 20.6. The van der Waals surface area contributed by atoms with Crippen LogP contribution in [0.3, 0.4) is 0 Å². The van der Waals surface area contributed by atoms with Crippen LogP contribution in [0.2, 0.25) is 0 Å². The number of nitrogen functional groups attached to an aromatic ring is 1. The number of fused-ring (bicyclic) bond motifs is 1. The Labute approximate surface area is 221 Å². The number of carbonyl (C=O) groups is 1. The van der Waals surface area contributed by atoms with Gasteiger partial charge in [-0.3, -0.25) is 9.36 Å². The molecule has 3 aromatic carbocycles. The SMILES string of the molecule is Nc1nc2c(c(=O)n1C(c1ccccc1)c1ccccc1)CCN(C(=O)Nc1ccc(OC(F)(F)F)cc1)C2. The van der Waals surface area contributed by atoms with Crippen LogP contribution in [0.1, 0.15) is 28.4 Å². The van der Waals surface area contributed by atoms with Gasteiger partial charge in [0.05, 0.1) is 18.3 Å². The molecule has 1 aliphatic heterocycles. The van der Waals surface area contributed by atoms with Crippen molar-refractivity contribution in [2.24, 2.45) is 0 Å². The summed E-state index contributed by atoms with van der Waals surface area (Å²) >= 11 is 0. The van der Waals surface area contributed by atoms with E-state index in [1.165, 1.54) is 21.6 Å². The molecule has 1 aliphatic rings. The second kappa shape index (κ2) is 10.5. The number of ether oxygens (including phenoxy) is 1. The molecule has 4 aromatic rings. The van der Waals surface area contributed by atoms with E-state index in [2.05, 4.69) is 15.0 Å². The maximum absolute atomic E-state index is 13.8. The van der Waals surface area contributed by atoms with Gasteiger partial charge in [-0.25, -0.2) is 9.78 Å². The second-order valence-electron chi connectivity index (χ2n) is 8.97. The first-order valence-corrected chi connectivity index (χ1v) is 12.1. The highest BCUT2D eigenvalue weighted by Crippen LogP contribution is 2.29. The topological polar surface area (TPSA) is 102 Å². The molecule has 0 aliphatic carbocycles. The summed E-state index contributed by atoms with van der Waals surface area (Å²) in [7, 11) is 0. The Balaban J connectivity index is 1.39. The van der Waals surface area contributed by atoms with Gasteiger partial charge in [0.25, 0.3) is 5.56 Å². The van der Waals surface area contributed by atoms with E-state index in [0.29, 0.717) is 11.3 Å². The Morgan fingerprint density at radius 2 is 1.54 bits per heavy atom. The summed E-state index contributed by atoms with van der Waals surface area (Å²) in [6, 6.07) is 22.9. The molecular weight excluding hydrogens is 511 g/mol. The van der Waals surface area contributed by atoms with Gasteiger partial charge in [0.1, 0.15) is 5.75 Å². The number of nitrogens with two attached hydrogens (primary N) is 1. The molecule has 2 heterocycles. The van der Waals surface area contributed by atoms with Gasteiger partial charge in [-0.05, 0) is 41.8 Å². The minimum Gasteiger partial charge on any atom is -0.406 e. The van der Waals surface area contributed by atoms with Crippen molar-refractivity contribution in [1.82, 2.24) is 14.5 Å². The van der Waals surface area contributed by atoms with Gasteiger partial charge >= 0.3 is 12.4 Å². The lowest BCUT2D eigenvalue weighted by Crippen LogP contribution is -2.43. The first kappa shape index (κ1) is 25.8. The lowest BCUT2D eigenvalue weighted by atomic mass is 9.97. The molecule has 1 aromatic heterocycles. The summed E-state index contributed by atoms with van der Waals surface area (Å²) in [5.41, 5.74) is 9.03. The maximum Gasteiger partial charge on any atom is 0.573 e. The molecule has 11 heteroatoms. The number of rotatable bonds is 5. The van der Waals surface area contributed by atoms with E-state index in [1.54, 1.807) is 0 Å². The van der Waals surface area contributed by atoms with Crippen molar-refractivity contribution in [1.29, 1.82) is 0 Å². The van der Waals surface area contributed by atoms with Crippen LogP contribution in [0.15, 0.2) is 89.7 Å². The second-order valence-corrected chi connectivity index (χ2v) is 8.97. The third-order valence-corrected chi connectivity index (χ3v) is 6.41. The Morgan fingerprint density at radius 3 is 2.10 bits per heavy atom. The van der Waals surface area contributed by atoms with Crippen LogP contribution in [0.4, 0.5) is 29.6 Å². The average Bonchev–Trinajstić information content (AvgIpc) is 2.92. The Kier molecular flexibility index (Phi) is 6.97. The van der Waals surface area contributed by atoms with E-state index in [-0.39, 0.29) is 36.7 Å². The average molecular weight is 536 g/mol. The summed E-state index contributed by atoms with van der Waals surface area (Å²) < 4.78 is 42.5. The van der Waals surface area contributed by atoms with Gasteiger partial charge in [0.2, 0.25) is 5.95 Å². The van der Waals surface area contributed by atoms with E-state index >= 15 is 0 Å². The molecule has 0 unspecified atom stereocenters. The molecule has 0 fully saturated rings. The third kappa shape index (κ3) is 5.71. The molecule has 0 saturated heterocycles. The number of amides is 2. The minimum atomic E-state index is -4.80. The Hall–Kier alpha value is -4.80. The fourth-order valence-corrected chi connectivity index (χ4v) is 4.65. The summed E-state index contributed by atoms with van der Waals surface area (Å²) in [5, 5.41) is 2.64. The number of alkyl halides is 3. The molecule has 0 radical (unpaired) electrons. The molecule has 3 N–H and O–H groups in total. The molecule has 0 saturated carbocycles. The molecular formula is C28H24F3N5O3. The number of anilines is 2. The van der Waals surface area contributed by atoms with Crippen molar-refractivity contribution in [3.63, 3.8) is 0 Å². The van der Waals surface area contributed by atoms with Gasteiger partial charge in [-0.1, -0.05) is 60.7 Å². The van der Waals surface area contributed by atoms with E-state index in [9.17, 15) is 22.8 Å². The highest BCUT2D eigenvalue weighted by molar-refractivity contribution is 5.89. The molecule has 8 nitrogen and oxygen atoms in total. The van der Waals surface area contributed by atoms with Gasteiger partial charge in [0, 0.05) is 17.8 Å². The molecule has 5 rings (SSSR count). The number of urea groups is 1. The first-order chi connectivity index (χ1) is 18.7. The van der Waals surface area contributed by atoms with Crippen LogP contribution in [0.5, 0.6) is 5.75 Å². The van der Waals surface area contributed by atoms with E-state index in [1.807, 2.05) is 60.7 Å². The molecule has 2 amide bonds. The number of nitrogens with one attached hydrogen (secondary N) is 1. The summed E-state index contributed by atoms with van der Waals surface area (Å²) in [6.07, 6.45) is -4.54. The molecule has 200 valence electrons. The smallest absolute Gasteiger partial charge is 0.406 e.